The van der Waals surface area contributed by atoms with Gasteiger partial charge in [-0.25, -0.2) is 0 Å². The maximum atomic E-state index is 10.5. The Morgan fingerprint density at radius 1 is 1.67 bits per heavy atom. The fraction of sp³-hybridized carbons (Fsp3) is 0.833. The zero-order valence-electron chi connectivity index (χ0n) is 5.73. The summed E-state index contributed by atoms with van der Waals surface area (Å²) in [6.45, 7) is 3.69. The summed E-state index contributed by atoms with van der Waals surface area (Å²) < 4.78 is 0. The average Bonchev–Trinajstić information content (AvgIpc) is 1.84. The summed E-state index contributed by atoms with van der Waals surface area (Å²) in [5.41, 5.74) is 5.01. The van der Waals surface area contributed by atoms with Crippen LogP contribution in [0.5, 0.6) is 0 Å². The molecule has 0 saturated carbocycles. The van der Waals surface area contributed by atoms with Gasteiger partial charge in [-0.3, -0.25) is 4.79 Å². The predicted octanol–water partition coefficient (Wildman–Crippen LogP) is 0.983. The lowest BCUT2D eigenvalue weighted by atomic mass is 9.98. The van der Waals surface area contributed by atoms with Crippen LogP contribution in [-0.2, 0) is 4.79 Å². The highest BCUT2D eigenvalue weighted by molar-refractivity contribution is 6.18. The molecule has 3 heteroatoms. The summed E-state index contributed by atoms with van der Waals surface area (Å²) in [6, 6.07) is 0. The Balaban J connectivity index is 3.72. The Bertz CT molecular complexity index is 105. The molecule has 0 heterocycles. The summed E-state index contributed by atoms with van der Waals surface area (Å²) in [6.07, 6.45) is 0. The van der Waals surface area contributed by atoms with Gasteiger partial charge in [0.2, 0.25) is 5.91 Å². The molecule has 0 aliphatic heterocycles. The number of carbonyl (C=O) groups excluding carboxylic acids is 1. The van der Waals surface area contributed by atoms with Gasteiger partial charge < -0.3 is 5.73 Å². The van der Waals surface area contributed by atoms with Gasteiger partial charge in [-0.05, 0) is 5.92 Å². The SMILES string of the molecule is CC(CCl)C(C)C(N)=O. The highest BCUT2D eigenvalue weighted by Crippen LogP contribution is 2.10. The second kappa shape index (κ2) is 3.72. The minimum absolute atomic E-state index is 0.109. The van der Waals surface area contributed by atoms with Gasteiger partial charge in [-0.2, -0.15) is 0 Å². The monoisotopic (exact) mass is 149 g/mol. The molecule has 2 unspecified atom stereocenters. The summed E-state index contributed by atoms with van der Waals surface area (Å²) in [5.74, 6) is 0.291. The highest BCUT2D eigenvalue weighted by Gasteiger charge is 2.15. The van der Waals surface area contributed by atoms with Gasteiger partial charge in [0.25, 0.3) is 0 Å². The van der Waals surface area contributed by atoms with E-state index in [-0.39, 0.29) is 17.7 Å². The molecule has 2 atom stereocenters. The van der Waals surface area contributed by atoms with Gasteiger partial charge in [0, 0.05) is 11.8 Å². The molecule has 1 amide bonds. The lowest BCUT2D eigenvalue weighted by molar-refractivity contribution is -0.122. The van der Waals surface area contributed by atoms with Crippen LogP contribution in [0.1, 0.15) is 13.8 Å². The first kappa shape index (κ1) is 8.76. The summed E-state index contributed by atoms with van der Waals surface area (Å²) in [5, 5.41) is 0. The van der Waals surface area contributed by atoms with Crippen LogP contribution >= 0.6 is 11.6 Å². The molecule has 9 heavy (non-hydrogen) atoms. The molecule has 0 aromatic heterocycles. The van der Waals surface area contributed by atoms with Crippen LogP contribution in [-0.4, -0.2) is 11.8 Å². The normalized spacial score (nSPS) is 16.8. The molecule has 54 valence electrons. The summed E-state index contributed by atoms with van der Waals surface area (Å²) in [7, 11) is 0. The maximum absolute atomic E-state index is 10.5. The van der Waals surface area contributed by atoms with E-state index in [1.165, 1.54) is 0 Å². The zero-order valence-corrected chi connectivity index (χ0v) is 6.48. The standard InChI is InChI=1S/C6H12ClNO/c1-4(3-7)5(2)6(8)9/h4-5H,3H2,1-2H3,(H2,8,9). The second-order valence-electron chi connectivity index (χ2n) is 2.32. The van der Waals surface area contributed by atoms with Crippen molar-refractivity contribution in [3.63, 3.8) is 0 Å². The largest absolute Gasteiger partial charge is 0.369 e. The fourth-order valence-electron chi connectivity index (χ4n) is 0.414. The third kappa shape index (κ3) is 2.70. The number of hydrogen-bond donors (Lipinski definition) is 1. The van der Waals surface area contributed by atoms with Crippen molar-refractivity contribution >= 4 is 17.5 Å². The van der Waals surface area contributed by atoms with Crippen molar-refractivity contribution < 1.29 is 4.79 Å². The van der Waals surface area contributed by atoms with E-state index in [1.54, 1.807) is 6.92 Å². The van der Waals surface area contributed by atoms with E-state index in [2.05, 4.69) is 0 Å². The number of nitrogens with two attached hydrogens (primary N) is 1. The minimum atomic E-state index is -0.275. The lowest BCUT2D eigenvalue weighted by Crippen LogP contribution is -2.26. The molecule has 0 saturated heterocycles. The first-order valence-electron chi connectivity index (χ1n) is 2.95. The van der Waals surface area contributed by atoms with Crippen LogP contribution in [0.4, 0.5) is 0 Å². The van der Waals surface area contributed by atoms with Gasteiger partial charge in [-0.1, -0.05) is 13.8 Å². The van der Waals surface area contributed by atoms with Gasteiger partial charge in [0.05, 0.1) is 0 Å². The van der Waals surface area contributed by atoms with Crippen LogP contribution in [0.15, 0.2) is 0 Å². The second-order valence-corrected chi connectivity index (χ2v) is 2.63. The van der Waals surface area contributed by atoms with Crippen LogP contribution < -0.4 is 5.73 Å². The number of amides is 1. The van der Waals surface area contributed by atoms with E-state index in [9.17, 15) is 4.79 Å². The number of halogens is 1. The fourth-order valence-corrected chi connectivity index (χ4v) is 0.681. The van der Waals surface area contributed by atoms with E-state index in [1.807, 2.05) is 6.92 Å². The maximum Gasteiger partial charge on any atom is 0.220 e. The molecule has 2 N–H and O–H groups in total. The van der Waals surface area contributed by atoms with E-state index in [0.717, 1.165) is 0 Å². The van der Waals surface area contributed by atoms with Crippen molar-refractivity contribution in [3.8, 4) is 0 Å². The van der Waals surface area contributed by atoms with E-state index in [4.69, 9.17) is 17.3 Å². The van der Waals surface area contributed by atoms with Gasteiger partial charge >= 0.3 is 0 Å². The van der Waals surface area contributed by atoms with Crippen molar-refractivity contribution in [3.05, 3.63) is 0 Å². The van der Waals surface area contributed by atoms with Crippen molar-refractivity contribution in [2.24, 2.45) is 17.6 Å². The molecule has 0 aromatic rings. The first-order chi connectivity index (χ1) is 4.09. The Morgan fingerprint density at radius 3 is 2.22 bits per heavy atom. The van der Waals surface area contributed by atoms with Crippen LogP contribution in [0.3, 0.4) is 0 Å². The molecule has 0 aliphatic rings. The van der Waals surface area contributed by atoms with E-state index < -0.39 is 0 Å². The molecule has 0 aliphatic carbocycles. The Kier molecular flexibility index (Phi) is 3.62. The van der Waals surface area contributed by atoms with Crippen molar-refractivity contribution in [2.75, 3.05) is 5.88 Å². The lowest BCUT2D eigenvalue weighted by Gasteiger charge is -2.11. The Hall–Kier alpha value is -0.240. The number of primary amides is 1. The number of alkyl halides is 1. The van der Waals surface area contributed by atoms with Gasteiger partial charge in [0.15, 0.2) is 0 Å². The predicted molar refractivity (Wildman–Crippen MR) is 38.2 cm³/mol. The number of rotatable bonds is 3. The third-order valence-corrected chi connectivity index (χ3v) is 2.03. The molecule has 0 spiro atoms. The van der Waals surface area contributed by atoms with Crippen LogP contribution in [0, 0.1) is 11.8 Å². The molecule has 0 bridgehead atoms. The molecular formula is C6H12ClNO. The molecule has 0 aromatic carbocycles. The smallest absolute Gasteiger partial charge is 0.220 e. The molecule has 2 nitrogen and oxygen atoms in total. The molecule has 0 fully saturated rings. The van der Waals surface area contributed by atoms with E-state index >= 15 is 0 Å². The quantitative estimate of drug-likeness (QED) is 0.598. The number of hydrogen-bond acceptors (Lipinski definition) is 1. The number of carbonyl (C=O) groups is 1. The third-order valence-electron chi connectivity index (χ3n) is 1.55. The Morgan fingerprint density at radius 2 is 2.11 bits per heavy atom. The van der Waals surface area contributed by atoms with Crippen molar-refractivity contribution in [1.29, 1.82) is 0 Å². The first-order valence-corrected chi connectivity index (χ1v) is 3.48. The molecular weight excluding hydrogens is 138 g/mol. The van der Waals surface area contributed by atoms with Crippen molar-refractivity contribution in [1.82, 2.24) is 0 Å². The minimum Gasteiger partial charge on any atom is -0.369 e. The van der Waals surface area contributed by atoms with Gasteiger partial charge in [-0.15, -0.1) is 11.6 Å². The van der Waals surface area contributed by atoms with Crippen LogP contribution in [0.25, 0.3) is 0 Å². The molecule has 0 rings (SSSR count). The van der Waals surface area contributed by atoms with Crippen molar-refractivity contribution in [2.45, 2.75) is 13.8 Å². The topological polar surface area (TPSA) is 43.1 Å². The Labute approximate surface area is 60.4 Å². The van der Waals surface area contributed by atoms with E-state index in [0.29, 0.717) is 5.88 Å². The summed E-state index contributed by atoms with van der Waals surface area (Å²) in [4.78, 5) is 10.5. The van der Waals surface area contributed by atoms with Crippen LogP contribution in [0.2, 0.25) is 0 Å². The summed E-state index contributed by atoms with van der Waals surface area (Å²) >= 11 is 5.48. The zero-order chi connectivity index (χ0) is 7.44. The highest BCUT2D eigenvalue weighted by atomic mass is 35.5. The average molecular weight is 150 g/mol. The van der Waals surface area contributed by atoms with Gasteiger partial charge in [0.1, 0.15) is 0 Å². The molecule has 0 radical (unpaired) electrons.